The summed E-state index contributed by atoms with van der Waals surface area (Å²) in [6.07, 6.45) is 3.82. The topological polar surface area (TPSA) is 12.9 Å². The van der Waals surface area contributed by atoms with Gasteiger partial charge in [0.1, 0.15) is 5.56 Å². The van der Waals surface area contributed by atoms with Gasteiger partial charge >= 0.3 is 0 Å². The Morgan fingerprint density at radius 1 is 1.56 bits per heavy atom. The lowest BCUT2D eigenvalue weighted by molar-refractivity contribution is 1.16. The summed E-state index contributed by atoms with van der Waals surface area (Å²) in [6, 6.07) is 4.00. The van der Waals surface area contributed by atoms with Crippen molar-refractivity contribution in [3.8, 4) is 0 Å². The van der Waals surface area contributed by atoms with Gasteiger partial charge in [-0.2, -0.15) is 0 Å². The average molecular weight is 120 g/mol. The molecule has 0 radical (unpaired) electrons. The molecule has 0 aromatic carbocycles. The third-order valence-electron chi connectivity index (χ3n) is 1.32. The van der Waals surface area contributed by atoms with E-state index in [9.17, 15) is 0 Å². The third-order valence-corrected chi connectivity index (χ3v) is 1.32. The highest BCUT2D eigenvalue weighted by Gasteiger charge is 2.02. The summed E-state index contributed by atoms with van der Waals surface area (Å²) in [5.41, 5.74) is 2.32. The normalized spacial score (nSPS) is 9.11. The lowest BCUT2D eigenvalue weighted by Gasteiger charge is -1.87. The molecule has 9 heavy (non-hydrogen) atoms. The van der Waals surface area contributed by atoms with Crippen molar-refractivity contribution in [3.05, 3.63) is 36.0 Å². The van der Waals surface area contributed by atoms with Gasteiger partial charge in [0.05, 0.1) is 6.42 Å². The average Bonchev–Trinajstić information content (AvgIpc) is 1.89. The maximum atomic E-state index is 4.14. The van der Waals surface area contributed by atoms with Crippen LogP contribution in [0.1, 0.15) is 18.2 Å². The molecule has 0 aliphatic rings. The van der Waals surface area contributed by atoms with Crippen LogP contribution in [0, 0.1) is 13.3 Å². The molecule has 0 spiro atoms. The molecule has 0 aliphatic carbocycles. The van der Waals surface area contributed by atoms with Gasteiger partial charge in [-0.05, 0) is 6.07 Å². The first-order valence-corrected chi connectivity index (χ1v) is 3.05. The Kier molecular flexibility index (Phi) is 1.73. The van der Waals surface area contributed by atoms with Gasteiger partial charge in [-0.3, -0.25) is 0 Å². The van der Waals surface area contributed by atoms with Gasteiger partial charge in [0.25, 0.3) is 0 Å². The Morgan fingerprint density at radius 3 is 2.78 bits per heavy atom. The monoisotopic (exact) mass is 120 g/mol. The summed E-state index contributed by atoms with van der Waals surface area (Å²) in [7, 11) is 0. The van der Waals surface area contributed by atoms with Gasteiger partial charge in [0, 0.05) is 26.1 Å². The second-order valence-corrected chi connectivity index (χ2v) is 1.99. The molecule has 1 heteroatoms. The van der Waals surface area contributed by atoms with Gasteiger partial charge in [-0.25, -0.2) is 4.98 Å². The van der Waals surface area contributed by atoms with Gasteiger partial charge in [0.15, 0.2) is 0 Å². The van der Waals surface area contributed by atoms with Crippen LogP contribution in [0.5, 0.6) is 0 Å². The van der Waals surface area contributed by atoms with Crippen molar-refractivity contribution < 1.29 is 0 Å². The van der Waals surface area contributed by atoms with Crippen molar-refractivity contribution in [1.82, 2.24) is 4.98 Å². The molecule has 1 rings (SSSR count). The van der Waals surface area contributed by atoms with E-state index >= 15 is 0 Å². The number of aromatic nitrogens is 1. The highest BCUT2D eigenvalue weighted by Crippen LogP contribution is 2.03. The molecule has 0 fully saturated rings. The SMILES string of the molecule is C[CH+]c1ncccc1C. The van der Waals surface area contributed by atoms with E-state index in [1.54, 1.807) is 0 Å². The van der Waals surface area contributed by atoms with Crippen LogP contribution in [0.15, 0.2) is 18.3 Å². The van der Waals surface area contributed by atoms with E-state index in [-0.39, 0.29) is 0 Å². The molecule has 1 heterocycles. The van der Waals surface area contributed by atoms with Crippen LogP contribution in [0.4, 0.5) is 0 Å². The van der Waals surface area contributed by atoms with E-state index in [0.717, 1.165) is 5.69 Å². The number of hydrogen-bond donors (Lipinski definition) is 0. The highest BCUT2D eigenvalue weighted by atomic mass is 14.7. The predicted molar refractivity (Wildman–Crippen MR) is 38.1 cm³/mol. The minimum Gasteiger partial charge on any atom is -0.217 e. The molecule has 0 atom stereocenters. The summed E-state index contributed by atoms with van der Waals surface area (Å²) in [5, 5.41) is 0. The highest BCUT2D eigenvalue weighted by molar-refractivity contribution is 5.22. The van der Waals surface area contributed by atoms with Crippen molar-refractivity contribution >= 4 is 0 Å². The predicted octanol–water partition coefficient (Wildman–Crippen LogP) is 1.96. The van der Waals surface area contributed by atoms with Crippen molar-refractivity contribution in [2.75, 3.05) is 0 Å². The molecular formula is C8H10N+. The molecule has 0 saturated carbocycles. The second-order valence-electron chi connectivity index (χ2n) is 1.99. The first-order valence-electron chi connectivity index (χ1n) is 3.05. The Balaban J connectivity index is 3.01. The minimum atomic E-state index is 1.08. The van der Waals surface area contributed by atoms with Crippen LogP contribution in [-0.4, -0.2) is 4.98 Å². The zero-order valence-corrected chi connectivity index (χ0v) is 5.76. The van der Waals surface area contributed by atoms with Crippen LogP contribution in [0.3, 0.4) is 0 Å². The fourth-order valence-corrected chi connectivity index (χ4v) is 0.800. The zero-order valence-electron chi connectivity index (χ0n) is 5.76. The van der Waals surface area contributed by atoms with Gasteiger partial charge in [-0.1, -0.05) is 0 Å². The molecular weight excluding hydrogens is 110 g/mol. The van der Waals surface area contributed by atoms with E-state index in [2.05, 4.69) is 18.0 Å². The fraction of sp³-hybridized carbons (Fsp3) is 0.250. The van der Waals surface area contributed by atoms with Crippen LogP contribution in [0.2, 0.25) is 0 Å². The van der Waals surface area contributed by atoms with Crippen molar-refractivity contribution in [2.24, 2.45) is 0 Å². The first-order chi connectivity index (χ1) is 4.34. The minimum absolute atomic E-state index is 1.08. The number of hydrogen-bond acceptors (Lipinski definition) is 1. The number of nitrogens with zero attached hydrogens (tertiary/aromatic N) is 1. The third kappa shape index (κ3) is 1.22. The molecule has 0 bridgehead atoms. The second kappa shape index (κ2) is 2.53. The smallest absolute Gasteiger partial charge is 0.217 e. The molecule has 0 unspecified atom stereocenters. The molecule has 46 valence electrons. The maximum Gasteiger partial charge on any atom is 0.222 e. The maximum absolute atomic E-state index is 4.14. The van der Waals surface area contributed by atoms with Crippen LogP contribution < -0.4 is 0 Å². The van der Waals surface area contributed by atoms with E-state index < -0.39 is 0 Å². The largest absolute Gasteiger partial charge is 0.222 e. The molecule has 0 N–H and O–H groups in total. The summed E-state index contributed by atoms with van der Waals surface area (Å²) < 4.78 is 0. The Hall–Kier alpha value is -0.980. The van der Waals surface area contributed by atoms with Crippen molar-refractivity contribution in [2.45, 2.75) is 13.8 Å². The molecule has 1 aromatic heterocycles. The summed E-state index contributed by atoms with van der Waals surface area (Å²) in [5.74, 6) is 0. The summed E-state index contributed by atoms with van der Waals surface area (Å²) in [6.45, 7) is 4.05. The number of rotatable bonds is 1. The van der Waals surface area contributed by atoms with E-state index in [1.165, 1.54) is 5.56 Å². The molecule has 0 saturated heterocycles. The Morgan fingerprint density at radius 2 is 2.33 bits per heavy atom. The summed E-state index contributed by atoms with van der Waals surface area (Å²) >= 11 is 0. The van der Waals surface area contributed by atoms with Gasteiger partial charge in [0.2, 0.25) is 5.69 Å². The van der Waals surface area contributed by atoms with Crippen LogP contribution >= 0.6 is 0 Å². The summed E-state index contributed by atoms with van der Waals surface area (Å²) in [4.78, 5) is 4.14. The fourth-order valence-electron chi connectivity index (χ4n) is 0.800. The van der Waals surface area contributed by atoms with Gasteiger partial charge < -0.3 is 0 Å². The lowest BCUT2D eigenvalue weighted by atomic mass is 10.2. The van der Waals surface area contributed by atoms with Gasteiger partial charge in [-0.15, -0.1) is 0 Å². The van der Waals surface area contributed by atoms with E-state index in [1.807, 2.05) is 25.6 Å². The van der Waals surface area contributed by atoms with E-state index in [4.69, 9.17) is 0 Å². The molecule has 0 amide bonds. The Labute approximate surface area is 55.7 Å². The number of aryl methyl sites for hydroxylation is 1. The molecule has 0 aliphatic heterocycles. The number of pyridine rings is 1. The zero-order chi connectivity index (χ0) is 6.69. The Bertz CT molecular complexity index is 194. The van der Waals surface area contributed by atoms with Crippen LogP contribution in [0.25, 0.3) is 0 Å². The van der Waals surface area contributed by atoms with Crippen molar-refractivity contribution in [1.29, 1.82) is 0 Å². The van der Waals surface area contributed by atoms with E-state index in [0.29, 0.717) is 0 Å². The molecule has 1 nitrogen and oxygen atoms in total. The first kappa shape index (κ1) is 6.14. The lowest BCUT2D eigenvalue weighted by Crippen LogP contribution is -1.86. The quantitative estimate of drug-likeness (QED) is 0.516. The van der Waals surface area contributed by atoms with Crippen LogP contribution in [-0.2, 0) is 0 Å². The molecule has 1 aromatic rings. The van der Waals surface area contributed by atoms with Crippen molar-refractivity contribution in [3.63, 3.8) is 0 Å². The standard InChI is InChI=1S/C8H10N/c1-3-8-7(2)5-4-6-9-8/h3-6H,1-2H3/q+1.